The Morgan fingerprint density at radius 3 is 2.76 bits per heavy atom. The third-order valence-electron chi connectivity index (χ3n) is 5.11. The van der Waals surface area contributed by atoms with Gasteiger partial charge in [0.25, 0.3) is 0 Å². The molecule has 0 unspecified atom stereocenters. The van der Waals surface area contributed by atoms with Crippen molar-refractivity contribution in [1.29, 1.82) is 0 Å². The van der Waals surface area contributed by atoms with Gasteiger partial charge in [-0.25, -0.2) is 0 Å². The van der Waals surface area contributed by atoms with Crippen LogP contribution in [0.25, 0.3) is 0 Å². The number of β-amino-alcohol motifs (C(OH)–C–C–N with tert-alkyl or cyclic N) is 1. The van der Waals surface area contributed by atoms with E-state index in [0.29, 0.717) is 32.7 Å². The van der Waals surface area contributed by atoms with E-state index in [1.807, 2.05) is 17.9 Å². The van der Waals surface area contributed by atoms with Gasteiger partial charge in [-0.05, 0) is 18.6 Å². The normalized spacial score (nSPS) is 23.3. The highest BCUT2D eigenvalue weighted by molar-refractivity contribution is 5.89. The van der Waals surface area contributed by atoms with Crippen molar-refractivity contribution in [3.63, 3.8) is 0 Å². The van der Waals surface area contributed by atoms with Crippen LogP contribution in [0, 0.1) is 5.92 Å². The van der Waals surface area contributed by atoms with Gasteiger partial charge in [0.1, 0.15) is 5.76 Å². The van der Waals surface area contributed by atoms with E-state index < -0.39 is 0 Å². The molecule has 0 aliphatic carbocycles. The minimum absolute atomic E-state index is 0.0134. The summed E-state index contributed by atoms with van der Waals surface area (Å²) in [5.41, 5.74) is 0. The highest BCUT2D eigenvalue weighted by atomic mass is 16.3. The third kappa shape index (κ3) is 4.41. The maximum absolute atomic E-state index is 12.7. The maximum atomic E-state index is 12.7. The fourth-order valence-corrected chi connectivity index (χ4v) is 3.52. The van der Waals surface area contributed by atoms with Gasteiger partial charge in [0.05, 0.1) is 24.8 Å². The lowest BCUT2D eigenvalue weighted by molar-refractivity contribution is -0.137. The van der Waals surface area contributed by atoms with E-state index in [1.165, 1.54) is 0 Å². The largest absolute Gasteiger partial charge is 0.467 e. The van der Waals surface area contributed by atoms with Crippen LogP contribution in [0.5, 0.6) is 0 Å². The number of piperazine rings is 1. The number of hydrogen-bond donors (Lipinski definition) is 1. The summed E-state index contributed by atoms with van der Waals surface area (Å²) in [6.45, 7) is 6.41. The van der Waals surface area contributed by atoms with E-state index in [9.17, 15) is 14.7 Å². The van der Waals surface area contributed by atoms with Crippen molar-refractivity contribution in [3.8, 4) is 0 Å². The van der Waals surface area contributed by atoms with Crippen LogP contribution < -0.4 is 0 Å². The van der Waals surface area contributed by atoms with Gasteiger partial charge < -0.3 is 19.3 Å². The van der Waals surface area contributed by atoms with Crippen molar-refractivity contribution >= 4 is 11.8 Å². The van der Waals surface area contributed by atoms with Crippen LogP contribution in [0.1, 0.15) is 25.5 Å². The lowest BCUT2D eigenvalue weighted by Crippen LogP contribution is -2.52. The van der Waals surface area contributed by atoms with Crippen LogP contribution in [-0.4, -0.2) is 77.0 Å². The molecule has 25 heavy (non-hydrogen) atoms. The number of amides is 2. The molecule has 2 aliphatic heterocycles. The first-order valence-electron chi connectivity index (χ1n) is 9.06. The number of carbonyl (C=O) groups excluding carboxylic acids is 2. The smallest absolute Gasteiger partial charge is 0.228 e. The van der Waals surface area contributed by atoms with Crippen molar-refractivity contribution in [2.75, 3.05) is 39.3 Å². The molecule has 2 fully saturated rings. The molecule has 7 nitrogen and oxygen atoms in total. The molecule has 7 heteroatoms. The molecule has 0 aromatic carbocycles. The standard InChI is InChI=1S/C18H27N3O4/c1-2-15(22)12-19-5-7-20(8-6-19)18(24)14-10-17(23)21(11-14)13-16-4-3-9-25-16/h3-4,9,14-15,22H,2,5-8,10-13H2,1H3/t14-,15+/m1/s1. The predicted molar refractivity (Wildman–Crippen MR) is 91.5 cm³/mol. The van der Waals surface area contributed by atoms with Gasteiger partial charge in [-0.1, -0.05) is 6.92 Å². The number of aliphatic hydroxyl groups is 1. The molecule has 0 bridgehead atoms. The van der Waals surface area contributed by atoms with Crippen molar-refractivity contribution in [2.45, 2.75) is 32.4 Å². The summed E-state index contributed by atoms with van der Waals surface area (Å²) in [4.78, 5) is 30.7. The Morgan fingerprint density at radius 2 is 2.12 bits per heavy atom. The monoisotopic (exact) mass is 349 g/mol. The molecule has 3 heterocycles. The van der Waals surface area contributed by atoms with Crippen LogP contribution >= 0.6 is 0 Å². The Labute approximate surface area is 148 Å². The zero-order chi connectivity index (χ0) is 17.8. The second-order valence-electron chi connectivity index (χ2n) is 6.94. The molecule has 3 rings (SSSR count). The molecule has 0 radical (unpaired) electrons. The lowest BCUT2D eigenvalue weighted by atomic mass is 10.1. The van der Waals surface area contributed by atoms with Gasteiger partial charge >= 0.3 is 0 Å². The van der Waals surface area contributed by atoms with E-state index in [2.05, 4.69) is 4.90 Å². The van der Waals surface area contributed by atoms with E-state index >= 15 is 0 Å². The average Bonchev–Trinajstić information content (AvgIpc) is 3.25. The number of hydrogen-bond acceptors (Lipinski definition) is 5. The SMILES string of the molecule is CC[C@H](O)CN1CCN(C(=O)[C@@H]2CC(=O)N(Cc3ccco3)C2)CC1. The van der Waals surface area contributed by atoms with Crippen LogP contribution in [-0.2, 0) is 16.1 Å². The molecule has 138 valence electrons. The summed E-state index contributed by atoms with van der Waals surface area (Å²) in [6.07, 6.45) is 2.32. The number of carbonyl (C=O) groups is 2. The Balaban J connectivity index is 1.48. The number of nitrogens with zero attached hydrogens (tertiary/aromatic N) is 3. The molecule has 2 atom stereocenters. The van der Waals surface area contributed by atoms with Gasteiger partial charge in [0, 0.05) is 45.7 Å². The molecule has 1 aromatic rings. The highest BCUT2D eigenvalue weighted by Crippen LogP contribution is 2.23. The first kappa shape index (κ1) is 17.9. The Bertz CT molecular complexity index is 581. The second-order valence-corrected chi connectivity index (χ2v) is 6.94. The maximum Gasteiger partial charge on any atom is 0.228 e. The van der Waals surface area contributed by atoms with E-state index in [1.54, 1.807) is 17.2 Å². The van der Waals surface area contributed by atoms with Crippen molar-refractivity contribution < 1.29 is 19.1 Å². The highest BCUT2D eigenvalue weighted by Gasteiger charge is 2.37. The number of aliphatic hydroxyl groups excluding tert-OH is 1. The zero-order valence-electron chi connectivity index (χ0n) is 14.8. The molecule has 0 saturated carbocycles. The topological polar surface area (TPSA) is 77.2 Å². The lowest BCUT2D eigenvalue weighted by Gasteiger charge is -2.36. The number of furan rings is 1. The van der Waals surface area contributed by atoms with E-state index in [4.69, 9.17) is 4.42 Å². The first-order valence-corrected chi connectivity index (χ1v) is 9.06. The number of likely N-dealkylation sites (tertiary alicyclic amines) is 1. The second kappa shape index (κ2) is 8.01. The zero-order valence-corrected chi connectivity index (χ0v) is 14.8. The van der Waals surface area contributed by atoms with Gasteiger partial charge in [-0.2, -0.15) is 0 Å². The molecular weight excluding hydrogens is 322 g/mol. The molecule has 0 spiro atoms. The quantitative estimate of drug-likeness (QED) is 0.811. The summed E-state index contributed by atoms with van der Waals surface area (Å²) >= 11 is 0. The van der Waals surface area contributed by atoms with Gasteiger partial charge in [0.2, 0.25) is 11.8 Å². The fraction of sp³-hybridized carbons (Fsp3) is 0.667. The Hall–Kier alpha value is -1.86. The molecule has 2 aliphatic rings. The van der Waals surface area contributed by atoms with Gasteiger partial charge in [-0.3, -0.25) is 14.5 Å². The summed E-state index contributed by atoms with van der Waals surface area (Å²) in [5, 5.41) is 9.75. The predicted octanol–water partition coefficient (Wildman–Crippen LogP) is 0.543. The average molecular weight is 349 g/mol. The molecular formula is C18H27N3O4. The van der Waals surface area contributed by atoms with E-state index in [-0.39, 0.29) is 30.3 Å². The van der Waals surface area contributed by atoms with Crippen LogP contribution in [0.15, 0.2) is 22.8 Å². The Morgan fingerprint density at radius 1 is 1.36 bits per heavy atom. The van der Waals surface area contributed by atoms with Crippen LogP contribution in [0.3, 0.4) is 0 Å². The Kier molecular flexibility index (Phi) is 5.75. The molecule has 1 N–H and O–H groups in total. The van der Waals surface area contributed by atoms with Crippen molar-refractivity contribution in [1.82, 2.24) is 14.7 Å². The van der Waals surface area contributed by atoms with Crippen molar-refractivity contribution in [2.24, 2.45) is 5.92 Å². The molecule has 1 aromatic heterocycles. The minimum atomic E-state index is -0.301. The summed E-state index contributed by atoms with van der Waals surface area (Å²) < 4.78 is 5.29. The van der Waals surface area contributed by atoms with Crippen LogP contribution in [0.4, 0.5) is 0 Å². The minimum Gasteiger partial charge on any atom is -0.467 e. The molecule has 2 amide bonds. The van der Waals surface area contributed by atoms with Gasteiger partial charge in [0.15, 0.2) is 0 Å². The third-order valence-corrected chi connectivity index (χ3v) is 5.11. The van der Waals surface area contributed by atoms with E-state index in [0.717, 1.165) is 25.3 Å². The van der Waals surface area contributed by atoms with Crippen molar-refractivity contribution in [3.05, 3.63) is 24.2 Å². The summed E-state index contributed by atoms with van der Waals surface area (Å²) in [7, 11) is 0. The fourth-order valence-electron chi connectivity index (χ4n) is 3.52. The summed E-state index contributed by atoms with van der Waals surface area (Å²) in [6, 6.07) is 3.64. The first-order chi connectivity index (χ1) is 12.1. The molecule has 2 saturated heterocycles. The summed E-state index contributed by atoms with van der Waals surface area (Å²) in [5.74, 6) is 0.574. The van der Waals surface area contributed by atoms with Gasteiger partial charge in [-0.15, -0.1) is 0 Å². The van der Waals surface area contributed by atoms with Crippen LogP contribution in [0.2, 0.25) is 0 Å². The number of rotatable bonds is 6.